The highest BCUT2D eigenvalue weighted by Crippen LogP contribution is 2.32. The van der Waals surface area contributed by atoms with Crippen molar-refractivity contribution in [3.8, 4) is 11.5 Å². The largest absolute Gasteiger partial charge is 0.454 e. The second kappa shape index (κ2) is 3.88. The fourth-order valence-corrected chi connectivity index (χ4v) is 1.17. The number of hydrogen-bond donors (Lipinski definition) is 1. The average molecular weight is 228 g/mol. The first-order chi connectivity index (χ1) is 7.55. The molecule has 0 radical (unpaired) electrons. The number of ether oxygens (including phenoxy) is 1. The lowest BCUT2D eigenvalue weighted by molar-refractivity contribution is -0.137. The zero-order chi connectivity index (χ0) is 11.6. The van der Waals surface area contributed by atoms with Crippen LogP contribution in [0.2, 0.25) is 0 Å². The Hall–Kier alpha value is -1.98. The zero-order valence-corrected chi connectivity index (χ0v) is 7.95. The van der Waals surface area contributed by atoms with Gasteiger partial charge in [-0.15, -0.1) is 0 Å². The van der Waals surface area contributed by atoms with E-state index in [-0.39, 0.29) is 5.75 Å². The number of nitrogens with zero attached hydrogens (tertiary/aromatic N) is 1. The Morgan fingerprint density at radius 3 is 2.62 bits per heavy atom. The van der Waals surface area contributed by atoms with Crippen molar-refractivity contribution in [3.63, 3.8) is 0 Å². The molecule has 6 heteroatoms. The monoisotopic (exact) mass is 228 g/mol. The SMILES string of the molecule is FC(F)(F)c1cccc(Oc2cn[nH]c2)c1. The van der Waals surface area contributed by atoms with Gasteiger partial charge in [0.05, 0.1) is 18.0 Å². The Kier molecular flexibility index (Phi) is 2.55. The van der Waals surface area contributed by atoms with E-state index >= 15 is 0 Å². The van der Waals surface area contributed by atoms with E-state index in [4.69, 9.17) is 4.74 Å². The minimum atomic E-state index is -4.37. The number of rotatable bonds is 2. The summed E-state index contributed by atoms with van der Waals surface area (Å²) in [6, 6.07) is 4.66. The summed E-state index contributed by atoms with van der Waals surface area (Å²) in [6.45, 7) is 0. The second-order valence-corrected chi connectivity index (χ2v) is 3.06. The Morgan fingerprint density at radius 1 is 1.19 bits per heavy atom. The molecule has 1 aromatic heterocycles. The van der Waals surface area contributed by atoms with Crippen molar-refractivity contribution < 1.29 is 17.9 Å². The van der Waals surface area contributed by atoms with Crippen molar-refractivity contribution in [1.29, 1.82) is 0 Å². The van der Waals surface area contributed by atoms with Gasteiger partial charge >= 0.3 is 6.18 Å². The molecule has 1 aromatic carbocycles. The molecule has 0 aliphatic carbocycles. The molecule has 0 aliphatic heterocycles. The lowest BCUT2D eigenvalue weighted by atomic mass is 10.2. The summed E-state index contributed by atoms with van der Waals surface area (Å²) in [6.07, 6.45) is -1.55. The van der Waals surface area contributed by atoms with Crippen LogP contribution in [0.25, 0.3) is 0 Å². The predicted molar refractivity (Wildman–Crippen MR) is 50.1 cm³/mol. The van der Waals surface area contributed by atoms with Gasteiger partial charge in [-0.3, -0.25) is 5.10 Å². The maximum atomic E-state index is 12.4. The molecule has 1 N–H and O–H groups in total. The molecule has 0 saturated carbocycles. The topological polar surface area (TPSA) is 37.9 Å². The van der Waals surface area contributed by atoms with Crippen LogP contribution in [0.5, 0.6) is 11.5 Å². The minimum absolute atomic E-state index is 0.122. The van der Waals surface area contributed by atoms with E-state index in [1.54, 1.807) is 0 Å². The van der Waals surface area contributed by atoms with Crippen LogP contribution in [-0.4, -0.2) is 10.2 Å². The van der Waals surface area contributed by atoms with Crippen LogP contribution in [-0.2, 0) is 6.18 Å². The highest BCUT2D eigenvalue weighted by atomic mass is 19.4. The lowest BCUT2D eigenvalue weighted by Gasteiger charge is -2.08. The van der Waals surface area contributed by atoms with Gasteiger partial charge in [0.25, 0.3) is 0 Å². The van der Waals surface area contributed by atoms with Crippen LogP contribution < -0.4 is 4.74 Å². The van der Waals surface area contributed by atoms with Crippen LogP contribution in [0.15, 0.2) is 36.7 Å². The molecule has 0 aliphatic rings. The maximum Gasteiger partial charge on any atom is 0.416 e. The van der Waals surface area contributed by atoms with Crippen LogP contribution in [0.3, 0.4) is 0 Å². The van der Waals surface area contributed by atoms with Gasteiger partial charge in [0.1, 0.15) is 5.75 Å². The lowest BCUT2D eigenvalue weighted by Crippen LogP contribution is -2.04. The molecule has 0 amide bonds. The van der Waals surface area contributed by atoms with Crippen LogP contribution in [0.4, 0.5) is 13.2 Å². The number of benzene rings is 1. The van der Waals surface area contributed by atoms with Crippen molar-refractivity contribution in [1.82, 2.24) is 10.2 Å². The highest BCUT2D eigenvalue weighted by molar-refractivity contribution is 5.33. The summed E-state index contributed by atoms with van der Waals surface area (Å²) < 4.78 is 42.3. The van der Waals surface area contributed by atoms with Crippen molar-refractivity contribution in [2.24, 2.45) is 0 Å². The number of alkyl halides is 3. The zero-order valence-electron chi connectivity index (χ0n) is 7.95. The summed E-state index contributed by atoms with van der Waals surface area (Å²) in [5, 5.41) is 6.11. The van der Waals surface area contributed by atoms with E-state index in [1.165, 1.54) is 24.5 Å². The van der Waals surface area contributed by atoms with Crippen molar-refractivity contribution >= 4 is 0 Å². The molecular formula is C10H7F3N2O. The van der Waals surface area contributed by atoms with E-state index in [0.29, 0.717) is 5.75 Å². The summed E-state index contributed by atoms with van der Waals surface area (Å²) in [5.41, 5.74) is -0.742. The summed E-state index contributed by atoms with van der Waals surface area (Å²) >= 11 is 0. The Morgan fingerprint density at radius 2 is 2.00 bits per heavy atom. The first-order valence-electron chi connectivity index (χ1n) is 4.39. The molecule has 1 heterocycles. The van der Waals surface area contributed by atoms with Gasteiger partial charge in [-0.05, 0) is 18.2 Å². The molecule has 0 saturated heterocycles. The van der Waals surface area contributed by atoms with Gasteiger partial charge in [0, 0.05) is 0 Å². The van der Waals surface area contributed by atoms with Gasteiger partial charge in [-0.1, -0.05) is 6.07 Å². The van der Waals surface area contributed by atoms with Crippen molar-refractivity contribution in [2.45, 2.75) is 6.18 Å². The number of hydrogen-bond acceptors (Lipinski definition) is 2. The predicted octanol–water partition coefficient (Wildman–Crippen LogP) is 3.22. The van der Waals surface area contributed by atoms with Crippen LogP contribution >= 0.6 is 0 Å². The van der Waals surface area contributed by atoms with Crippen molar-refractivity contribution in [3.05, 3.63) is 42.2 Å². The smallest absolute Gasteiger partial charge is 0.416 e. The molecule has 3 nitrogen and oxygen atoms in total. The third kappa shape index (κ3) is 2.33. The van der Waals surface area contributed by atoms with E-state index < -0.39 is 11.7 Å². The average Bonchev–Trinajstić information content (AvgIpc) is 2.70. The Balaban J connectivity index is 2.23. The number of nitrogens with one attached hydrogen (secondary N) is 1. The molecule has 16 heavy (non-hydrogen) atoms. The highest BCUT2D eigenvalue weighted by Gasteiger charge is 2.30. The molecular weight excluding hydrogens is 221 g/mol. The molecule has 2 rings (SSSR count). The number of aromatic nitrogens is 2. The van der Waals surface area contributed by atoms with Crippen LogP contribution in [0.1, 0.15) is 5.56 Å². The summed E-state index contributed by atoms with van der Waals surface area (Å²) in [4.78, 5) is 0. The third-order valence-electron chi connectivity index (χ3n) is 1.87. The summed E-state index contributed by atoms with van der Waals surface area (Å²) in [5.74, 6) is 0.482. The third-order valence-corrected chi connectivity index (χ3v) is 1.87. The molecule has 0 atom stereocenters. The van der Waals surface area contributed by atoms with Gasteiger partial charge in [-0.2, -0.15) is 18.3 Å². The summed E-state index contributed by atoms with van der Waals surface area (Å²) in [7, 11) is 0. The fraction of sp³-hybridized carbons (Fsp3) is 0.100. The van der Waals surface area contributed by atoms with Gasteiger partial charge in [-0.25, -0.2) is 0 Å². The fourth-order valence-electron chi connectivity index (χ4n) is 1.17. The van der Waals surface area contributed by atoms with Crippen molar-refractivity contribution in [2.75, 3.05) is 0 Å². The maximum absolute atomic E-state index is 12.4. The van der Waals surface area contributed by atoms with E-state index in [9.17, 15) is 13.2 Å². The van der Waals surface area contributed by atoms with Gasteiger partial charge < -0.3 is 4.74 Å². The second-order valence-electron chi connectivity index (χ2n) is 3.06. The quantitative estimate of drug-likeness (QED) is 0.856. The molecule has 84 valence electrons. The van der Waals surface area contributed by atoms with E-state index in [0.717, 1.165) is 12.1 Å². The Bertz CT molecular complexity index is 465. The van der Waals surface area contributed by atoms with E-state index in [2.05, 4.69) is 10.2 Å². The number of H-pyrrole nitrogens is 1. The van der Waals surface area contributed by atoms with Gasteiger partial charge in [0.2, 0.25) is 0 Å². The van der Waals surface area contributed by atoms with E-state index in [1.807, 2.05) is 0 Å². The number of halogens is 3. The molecule has 0 unspecified atom stereocenters. The normalized spacial score (nSPS) is 11.4. The molecule has 0 bridgehead atoms. The van der Waals surface area contributed by atoms with Crippen LogP contribution in [0, 0.1) is 0 Å². The number of aromatic amines is 1. The molecule has 2 aromatic rings. The first kappa shape index (κ1) is 10.5. The Labute approximate surface area is 88.9 Å². The first-order valence-corrected chi connectivity index (χ1v) is 4.39. The molecule has 0 spiro atoms. The van der Waals surface area contributed by atoms with Gasteiger partial charge in [0.15, 0.2) is 5.75 Å². The molecule has 0 fully saturated rings. The standard InChI is InChI=1S/C10H7F3N2O/c11-10(12,13)7-2-1-3-8(4-7)16-9-5-14-15-6-9/h1-6H,(H,14,15). The minimum Gasteiger partial charge on any atom is -0.454 e.